The molecule has 0 fully saturated rings. The van der Waals surface area contributed by atoms with Crippen molar-refractivity contribution in [2.24, 2.45) is 13.0 Å². The molecule has 1 rings (SSSR count). The van der Waals surface area contributed by atoms with Crippen molar-refractivity contribution in [2.45, 2.75) is 40.3 Å². The highest BCUT2D eigenvalue weighted by molar-refractivity contribution is 5.86. The fourth-order valence-electron chi connectivity index (χ4n) is 1.89. The molecule has 0 aliphatic heterocycles. The third-order valence-corrected chi connectivity index (χ3v) is 3.23. The summed E-state index contributed by atoms with van der Waals surface area (Å²) in [6.07, 6.45) is 0. The van der Waals surface area contributed by atoms with Crippen LogP contribution in [0.4, 0.5) is 0 Å². The third kappa shape index (κ3) is 4.12. The number of aromatic nitrogens is 1. The largest absolute Gasteiger partial charge is 0.350 e. The fourth-order valence-corrected chi connectivity index (χ4v) is 1.89. The Kier molecular flexibility index (Phi) is 5.15. The Labute approximate surface area is 114 Å². The lowest BCUT2D eigenvalue weighted by Gasteiger charge is -2.21. The van der Waals surface area contributed by atoms with Crippen LogP contribution in [-0.4, -0.2) is 22.4 Å². The van der Waals surface area contributed by atoms with Crippen molar-refractivity contribution in [3.05, 3.63) is 23.5 Å². The fraction of sp³-hybridized carbons (Fsp3) is 0.571. The van der Waals surface area contributed by atoms with Crippen LogP contribution in [0.5, 0.6) is 0 Å². The van der Waals surface area contributed by atoms with Crippen molar-refractivity contribution < 1.29 is 9.59 Å². The Morgan fingerprint density at radius 1 is 1.32 bits per heavy atom. The topological polar surface area (TPSA) is 63.1 Å². The second-order valence-electron chi connectivity index (χ2n) is 5.17. The number of rotatable bonds is 5. The maximum atomic E-state index is 12.1. The summed E-state index contributed by atoms with van der Waals surface area (Å²) in [6.45, 7) is 7.72. The quantitative estimate of drug-likeness (QED) is 0.837. The molecule has 0 aliphatic carbocycles. The van der Waals surface area contributed by atoms with Crippen molar-refractivity contribution >= 4 is 11.8 Å². The molecule has 0 spiro atoms. The van der Waals surface area contributed by atoms with Crippen LogP contribution in [0.25, 0.3) is 0 Å². The summed E-state index contributed by atoms with van der Waals surface area (Å²) >= 11 is 0. The Hall–Kier alpha value is -1.78. The first kappa shape index (κ1) is 15.3. The molecule has 2 amide bonds. The van der Waals surface area contributed by atoms with E-state index in [0.717, 1.165) is 11.4 Å². The molecular weight excluding hydrogens is 242 g/mol. The SMILES string of the molecule is CC(=O)N[C@@H](C(=O)NCc1ccc(C)n1C)C(C)C. The predicted octanol–water partition coefficient (Wildman–Crippen LogP) is 1.11. The zero-order valence-corrected chi connectivity index (χ0v) is 12.3. The summed E-state index contributed by atoms with van der Waals surface area (Å²) in [5.74, 6) is -0.285. The molecule has 5 heteroatoms. The molecular formula is C14H23N3O2. The molecule has 0 aromatic carbocycles. The van der Waals surface area contributed by atoms with Crippen molar-refractivity contribution in [1.82, 2.24) is 15.2 Å². The number of carbonyl (C=O) groups is 2. The van der Waals surface area contributed by atoms with Gasteiger partial charge in [-0.2, -0.15) is 0 Å². The lowest BCUT2D eigenvalue weighted by Crippen LogP contribution is -2.48. The zero-order chi connectivity index (χ0) is 14.6. The summed E-state index contributed by atoms with van der Waals surface area (Å²) in [5, 5.41) is 5.54. The number of nitrogens with one attached hydrogen (secondary N) is 2. The van der Waals surface area contributed by atoms with E-state index in [0.29, 0.717) is 6.54 Å². The van der Waals surface area contributed by atoms with Crippen LogP contribution >= 0.6 is 0 Å². The molecule has 1 atom stereocenters. The van der Waals surface area contributed by atoms with Crippen LogP contribution in [0.15, 0.2) is 12.1 Å². The maximum absolute atomic E-state index is 12.1. The summed E-state index contributed by atoms with van der Waals surface area (Å²) in [4.78, 5) is 23.2. The highest BCUT2D eigenvalue weighted by Crippen LogP contribution is 2.06. The number of hydrogen-bond acceptors (Lipinski definition) is 2. The van der Waals surface area contributed by atoms with Gasteiger partial charge in [0.15, 0.2) is 0 Å². The van der Waals surface area contributed by atoms with Crippen molar-refractivity contribution in [3.8, 4) is 0 Å². The van der Waals surface area contributed by atoms with Gasteiger partial charge in [0.2, 0.25) is 11.8 Å². The van der Waals surface area contributed by atoms with E-state index in [4.69, 9.17) is 0 Å². The van der Waals surface area contributed by atoms with Crippen LogP contribution in [0.2, 0.25) is 0 Å². The van der Waals surface area contributed by atoms with Gasteiger partial charge in [0.25, 0.3) is 0 Å². The van der Waals surface area contributed by atoms with Gasteiger partial charge in [-0.05, 0) is 25.0 Å². The monoisotopic (exact) mass is 265 g/mol. The first-order chi connectivity index (χ1) is 8.82. The first-order valence-corrected chi connectivity index (χ1v) is 6.49. The molecule has 1 heterocycles. The van der Waals surface area contributed by atoms with Crippen molar-refractivity contribution in [3.63, 3.8) is 0 Å². The van der Waals surface area contributed by atoms with Crippen LogP contribution in [0.3, 0.4) is 0 Å². The Morgan fingerprint density at radius 2 is 1.95 bits per heavy atom. The van der Waals surface area contributed by atoms with Gasteiger partial charge < -0.3 is 15.2 Å². The number of carbonyl (C=O) groups excluding carboxylic acids is 2. The summed E-state index contributed by atoms with van der Waals surface area (Å²) in [6, 6.07) is 3.51. The second-order valence-corrected chi connectivity index (χ2v) is 5.17. The molecule has 106 valence electrons. The normalized spacial score (nSPS) is 12.3. The van der Waals surface area contributed by atoms with Gasteiger partial charge in [-0.3, -0.25) is 9.59 Å². The Bertz CT molecular complexity index is 463. The average molecular weight is 265 g/mol. The van der Waals surface area contributed by atoms with Crippen LogP contribution in [0.1, 0.15) is 32.2 Å². The van der Waals surface area contributed by atoms with Crippen LogP contribution in [-0.2, 0) is 23.2 Å². The van der Waals surface area contributed by atoms with Gasteiger partial charge in [0, 0.05) is 25.4 Å². The minimum absolute atomic E-state index is 0.0547. The molecule has 19 heavy (non-hydrogen) atoms. The van der Waals surface area contributed by atoms with Gasteiger partial charge in [-0.15, -0.1) is 0 Å². The molecule has 0 aliphatic rings. The molecule has 0 radical (unpaired) electrons. The molecule has 1 aromatic rings. The second kappa shape index (κ2) is 6.41. The van der Waals surface area contributed by atoms with Gasteiger partial charge in [-0.25, -0.2) is 0 Å². The summed E-state index contributed by atoms with van der Waals surface area (Å²) in [5.41, 5.74) is 2.18. The lowest BCUT2D eigenvalue weighted by molar-refractivity contribution is -0.129. The maximum Gasteiger partial charge on any atom is 0.243 e. The van der Waals surface area contributed by atoms with E-state index >= 15 is 0 Å². The van der Waals surface area contributed by atoms with E-state index in [1.165, 1.54) is 6.92 Å². The Morgan fingerprint density at radius 3 is 2.37 bits per heavy atom. The highest BCUT2D eigenvalue weighted by atomic mass is 16.2. The van der Waals surface area contributed by atoms with Gasteiger partial charge >= 0.3 is 0 Å². The first-order valence-electron chi connectivity index (χ1n) is 6.49. The minimum atomic E-state index is -0.487. The Balaban J connectivity index is 2.62. The lowest BCUT2D eigenvalue weighted by atomic mass is 10.0. The van der Waals surface area contributed by atoms with Crippen molar-refractivity contribution in [1.29, 1.82) is 0 Å². The third-order valence-electron chi connectivity index (χ3n) is 3.23. The van der Waals surface area contributed by atoms with Crippen molar-refractivity contribution in [2.75, 3.05) is 0 Å². The number of nitrogens with zero attached hydrogens (tertiary/aromatic N) is 1. The van der Waals surface area contributed by atoms with E-state index < -0.39 is 6.04 Å². The van der Waals surface area contributed by atoms with Gasteiger partial charge in [-0.1, -0.05) is 13.8 Å². The van der Waals surface area contributed by atoms with Crippen LogP contribution < -0.4 is 10.6 Å². The standard InChI is InChI=1S/C14H23N3O2/c1-9(2)13(16-11(4)18)14(19)15-8-12-7-6-10(3)17(12)5/h6-7,9,13H,8H2,1-5H3,(H,15,19)(H,16,18)/t13-/m1/s1. The molecule has 0 saturated heterocycles. The predicted molar refractivity (Wildman–Crippen MR) is 74.4 cm³/mol. The number of hydrogen-bond donors (Lipinski definition) is 2. The van der Waals surface area contributed by atoms with E-state index in [9.17, 15) is 9.59 Å². The molecule has 0 unspecified atom stereocenters. The number of amides is 2. The zero-order valence-electron chi connectivity index (χ0n) is 12.3. The molecule has 1 aromatic heterocycles. The van der Waals surface area contributed by atoms with E-state index in [1.54, 1.807) is 0 Å². The number of aryl methyl sites for hydroxylation is 1. The molecule has 0 saturated carbocycles. The van der Waals surface area contributed by atoms with Gasteiger partial charge in [0.1, 0.15) is 6.04 Å². The smallest absolute Gasteiger partial charge is 0.243 e. The van der Waals surface area contributed by atoms with E-state index in [-0.39, 0.29) is 17.7 Å². The molecule has 5 nitrogen and oxygen atoms in total. The highest BCUT2D eigenvalue weighted by Gasteiger charge is 2.22. The molecule has 0 bridgehead atoms. The average Bonchev–Trinajstić information content (AvgIpc) is 2.63. The van der Waals surface area contributed by atoms with E-state index in [1.807, 2.05) is 44.5 Å². The minimum Gasteiger partial charge on any atom is -0.350 e. The summed E-state index contributed by atoms with van der Waals surface area (Å²) < 4.78 is 2.03. The van der Waals surface area contributed by atoms with Gasteiger partial charge in [0.05, 0.1) is 6.54 Å². The summed E-state index contributed by atoms with van der Waals surface area (Å²) in [7, 11) is 1.96. The van der Waals surface area contributed by atoms with E-state index in [2.05, 4.69) is 10.6 Å². The molecule has 2 N–H and O–H groups in total. The van der Waals surface area contributed by atoms with Crippen LogP contribution in [0, 0.1) is 12.8 Å².